The lowest BCUT2D eigenvalue weighted by atomic mass is 10.1. The van der Waals surface area contributed by atoms with Crippen molar-refractivity contribution in [2.45, 2.75) is 12.6 Å². The van der Waals surface area contributed by atoms with Gasteiger partial charge in [0.2, 0.25) is 0 Å². The van der Waals surface area contributed by atoms with Crippen LogP contribution in [0.2, 0.25) is 0 Å². The highest BCUT2D eigenvalue weighted by Gasteiger charge is 2.21. The Morgan fingerprint density at radius 3 is 2.85 bits per heavy atom. The molecule has 0 saturated carbocycles. The molecule has 1 N–H and O–H groups in total. The molecule has 0 radical (unpaired) electrons. The summed E-state index contributed by atoms with van der Waals surface area (Å²) in [4.78, 5) is 10.4. The molecule has 2 aromatic heterocycles. The third-order valence-electron chi connectivity index (χ3n) is 3.05. The quantitative estimate of drug-likeness (QED) is 0.860. The highest BCUT2D eigenvalue weighted by molar-refractivity contribution is 9.10. The normalized spacial score (nSPS) is 12.8. The van der Waals surface area contributed by atoms with E-state index in [1.165, 1.54) is 0 Å². The van der Waals surface area contributed by atoms with E-state index in [1.54, 1.807) is 12.5 Å². The van der Waals surface area contributed by atoms with Crippen molar-refractivity contribution in [3.63, 3.8) is 0 Å². The van der Waals surface area contributed by atoms with Crippen molar-refractivity contribution >= 4 is 15.9 Å². The molecule has 0 amide bonds. The molecule has 0 aliphatic rings. The van der Waals surface area contributed by atoms with Crippen LogP contribution in [0.3, 0.4) is 0 Å². The zero-order chi connectivity index (χ0) is 14.5. The van der Waals surface area contributed by atoms with Gasteiger partial charge in [0.1, 0.15) is 6.33 Å². The molecular formula is C13H19BrN6. The smallest absolute Gasteiger partial charge is 0.115 e. The second-order valence-electron chi connectivity index (χ2n) is 4.76. The second kappa shape index (κ2) is 6.92. The minimum atomic E-state index is -0.0166. The van der Waals surface area contributed by atoms with Crippen LogP contribution >= 0.6 is 15.9 Å². The molecular weight excluding hydrogens is 320 g/mol. The molecule has 0 aliphatic carbocycles. The molecule has 108 valence electrons. The van der Waals surface area contributed by atoms with Crippen molar-refractivity contribution in [1.29, 1.82) is 0 Å². The second-order valence-corrected chi connectivity index (χ2v) is 5.61. The molecule has 0 saturated heterocycles. The van der Waals surface area contributed by atoms with Crippen LogP contribution in [-0.2, 0) is 6.54 Å². The van der Waals surface area contributed by atoms with Gasteiger partial charge in [0, 0.05) is 12.7 Å². The van der Waals surface area contributed by atoms with Gasteiger partial charge < -0.3 is 10.2 Å². The van der Waals surface area contributed by atoms with Crippen molar-refractivity contribution < 1.29 is 0 Å². The number of halogens is 1. The molecule has 2 heterocycles. The summed E-state index contributed by atoms with van der Waals surface area (Å²) in [6, 6.07) is 1.90. The maximum Gasteiger partial charge on any atom is 0.115 e. The molecule has 7 heteroatoms. The summed E-state index contributed by atoms with van der Waals surface area (Å²) >= 11 is 3.58. The van der Waals surface area contributed by atoms with Crippen LogP contribution < -0.4 is 5.32 Å². The Balaban J connectivity index is 2.32. The predicted octanol–water partition coefficient (Wildman–Crippen LogP) is 1.31. The third kappa shape index (κ3) is 3.41. The minimum Gasteiger partial charge on any atom is -0.308 e. The number of likely N-dealkylation sites (N-methyl/N-ethyl adjacent to an activating group) is 1. The van der Waals surface area contributed by atoms with E-state index in [-0.39, 0.29) is 6.04 Å². The largest absolute Gasteiger partial charge is 0.308 e. The zero-order valence-corrected chi connectivity index (χ0v) is 13.5. The molecule has 0 bridgehead atoms. The van der Waals surface area contributed by atoms with Gasteiger partial charge in [0.25, 0.3) is 0 Å². The summed E-state index contributed by atoms with van der Waals surface area (Å²) in [5, 5.41) is 7.74. The fourth-order valence-electron chi connectivity index (χ4n) is 2.03. The maximum absolute atomic E-state index is 4.44. The Bertz CT molecular complexity index is 539. The van der Waals surface area contributed by atoms with Crippen molar-refractivity contribution in [1.82, 2.24) is 30.0 Å². The molecule has 2 rings (SSSR count). The Morgan fingerprint density at radius 1 is 1.45 bits per heavy atom. The van der Waals surface area contributed by atoms with E-state index in [0.29, 0.717) is 0 Å². The van der Waals surface area contributed by atoms with E-state index in [0.717, 1.165) is 29.0 Å². The van der Waals surface area contributed by atoms with Crippen molar-refractivity contribution in [2.75, 3.05) is 27.7 Å². The number of hydrogen-bond acceptors (Lipinski definition) is 5. The van der Waals surface area contributed by atoms with E-state index in [2.05, 4.69) is 55.3 Å². The van der Waals surface area contributed by atoms with Crippen LogP contribution in [0.5, 0.6) is 0 Å². The van der Waals surface area contributed by atoms with Crippen LogP contribution in [0.4, 0.5) is 0 Å². The maximum atomic E-state index is 4.44. The summed E-state index contributed by atoms with van der Waals surface area (Å²) in [5.74, 6) is 0. The first kappa shape index (κ1) is 15.1. The average Bonchev–Trinajstić information content (AvgIpc) is 2.80. The number of aromatic nitrogens is 4. The molecule has 20 heavy (non-hydrogen) atoms. The molecule has 1 atom stereocenters. The van der Waals surface area contributed by atoms with Gasteiger partial charge in [-0.1, -0.05) is 0 Å². The third-order valence-corrected chi connectivity index (χ3v) is 3.67. The number of rotatable bonds is 6. The Morgan fingerprint density at radius 2 is 2.25 bits per heavy atom. The van der Waals surface area contributed by atoms with Gasteiger partial charge in [-0.2, -0.15) is 5.10 Å². The fourth-order valence-corrected chi connectivity index (χ4v) is 2.55. The SMILES string of the molecule is CNC(c1ccncn1)c1c(Br)cnn1CCN(C)C. The minimum absolute atomic E-state index is 0.0166. The summed E-state index contributed by atoms with van der Waals surface area (Å²) < 4.78 is 2.99. The standard InChI is InChI=1S/C13H19BrN6/c1-15-12(11-4-5-16-9-17-11)13-10(14)8-18-20(13)7-6-19(2)3/h4-5,8-9,12,15H,6-7H2,1-3H3. The van der Waals surface area contributed by atoms with Gasteiger partial charge in [0.15, 0.2) is 0 Å². The molecule has 0 aliphatic heterocycles. The lowest BCUT2D eigenvalue weighted by Gasteiger charge is -2.19. The van der Waals surface area contributed by atoms with Gasteiger partial charge in [-0.15, -0.1) is 0 Å². The summed E-state index contributed by atoms with van der Waals surface area (Å²) in [6.45, 7) is 1.76. The monoisotopic (exact) mass is 338 g/mol. The van der Waals surface area contributed by atoms with Crippen molar-refractivity contribution in [3.05, 3.63) is 40.6 Å². The predicted molar refractivity (Wildman–Crippen MR) is 81.4 cm³/mol. The summed E-state index contributed by atoms with van der Waals surface area (Å²) in [6.07, 6.45) is 5.14. The van der Waals surface area contributed by atoms with Crippen LogP contribution in [0, 0.1) is 0 Å². The van der Waals surface area contributed by atoms with Crippen LogP contribution in [0.25, 0.3) is 0 Å². The van der Waals surface area contributed by atoms with E-state index in [9.17, 15) is 0 Å². The highest BCUT2D eigenvalue weighted by atomic mass is 79.9. The fraction of sp³-hybridized carbons (Fsp3) is 0.462. The molecule has 0 spiro atoms. The molecule has 6 nitrogen and oxygen atoms in total. The summed E-state index contributed by atoms with van der Waals surface area (Å²) in [7, 11) is 6.03. The van der Waals surface area contributed by atoms with Crippen molar-refractivity contribution in [3.8, 4) is 0 Å². The van der Waals surface area contributed by atoms with E-state index in [1.807, 2.05) is 24.0 Å². The Kier molecular flexibility index (Phi) is 5.22. The van der Waals surface area contributed by atoms with Gasteiger partial charge in [-0.3, -0.25) is 4.68 Å². The Hall–Kier alpha value is -1.31. The van der Waals surface area contributed by atoms with E-state index < -0.39 is 0 Å². The van der Waals surface area contributed by atoms with Gasteiger partial charge in [-0.05, 0) is 43.1 Å². The lowest BCUT2D eigenvalue weighted by Crippen LogP contribution is -2.26. The molecule has 1 unspecified atom stereocenters. The van der Waals surface area contributed by atoms with Gasteiger partial charge in [-0.25, -0.2) is 9.97 Å². The molecule has 0 fully saturated rings. The number of nitrogens with zero attached hydrogens (tertiary/aromatic N) is 5. The number of hydrogen-bond donors (Lipinski definition) is 1. The first-order valence-electron chi connectivity index (χ1n) is 6.42. The van der Waals surface area contributed by atoms with Crippen LogP contribution in [0.15, 0.2) is 29.3 Å². The molecule has 2 aromatic rings. The highest BCUT2D eigenvalue weighted by Crippen LogP contribution is 2.27. The van der Waals surface area contributed by atoms with Crippen LogP contribution in [0.1, 0.15) is 17.4 Å². The topological polar surface area (TPSA) is 58.9 Å². The number of nitrogens with one attached hydrogen (secondary N) is 1. The van der Waals surface area contributed by atoms with Crippen LogP contribution in [-0.4, -0.2) is 52.3 Å². The zero-order valence-electron chi connectivity index (χ0n) is 11.9. The first-order chi connectivity index (χ1) is 9.63. The Labute approximate surface area is 127 Å². The van der Waals surface area contributed by atoms with Crippen molar-refractivity contribution in [2.24, 2.45) is 0 Å². The summed E-state index contributed by atoms with van der Waals surface area (Å²) in [5.41, 5.74) is 2.00. The lowest BCUT2D eigenvalue weighted by molar-refractivity contribution is 0.366. The van der Waals surface area contributed by atoms with E-state index in [4.69, 9.17) is 0 Å². The van der Waals surface area contributed by atoms with E-state index >= 15 is 0 Å². The van der Waals surface area contributed by atoms with Gasteiger partial charge in [0.05, 0.1) is 34.6 Å². The van der Waals surface area contributed by atoms with Gasteiger partial charge >= 0.3 is 0 Å². The molecule has 0 aromatic carbocycles. The average molecular weight is 339 g/mol. The first-order valence-corrected chi connectivity index (χ1v) is 7.22.